The summed E-state index contributed by atoms with van der Waals surface area (Å²) in [5.74, 6) is -6.38. The number of fused-ring (bicyclic) bond motifs is 9. The van der Waals surface area contributed by atoms with Crippen LogP contribution in [0.4, 0.5) is 17.6 Å². The van der Waals surface area contributed by atoms with Crippen LogP contribution in [0.5, 0.6) is 0 Å². The van der Waals surface area contributed by atoms with Crippen molar-refractivity contribution in [3.63, 3.8) is 0 Å². The van der Waals surface area contributed by atoms with Crippen molar-refractivity contribution in [2.24, 2.45) is 0 Å². The molecule has 1 saturated carbocycles. The Labute approximate surface area is 276 Å². The van der Waals surface area contributed by atoms with Crippen LogP contribution in [0.2, 0.25) is 0 Å². The van der Waals surface area contributed by atoms with Gasteiger partial charge >= 0.3 is 0 Å². The van der Waals surface area contributed by atoms with Gasteiger partial charge in [-0.3, -0.25) is 14.4 Å². The van der Waals surface area contributed by atoms with Crippen LogP contribution in [0.1, 0.15) is 95.7 Å². The van der Waals surface area contributed by atoms with E-state index in [1.165, 1.54) is 39.9 Å². The first-order valence-electron chi connectivity index (χ1n) is 15.0. The standard InChI is InChI=1S/C36H20F4O4S3/c37-23-10-16-17(11-24(23)38)30(42)20(29(16)41)6-14-8-22-33(45-14)35-28(36(22)4-2-1-3-5-36)34-27(47-35)9-15(46-34)7-21-31(43)18-12-25(39)26(40)13-19(18)32(21)44/h6-13,29,41H,1-5H2/b20-6-. The molecule has 0 amide bonds. The zero-order chi connectivity index (χ0) is 32.5. The Morgan fingerprint density at radius 2 is 1.30 bits per heavy atom. The normalized spacial score (nSPS) is 20.1. The molecule has 47 heavy (non-hydrogen) atoms. The number of rotatable bonds is 2. The molecule has 3 aromatic heterocycles. The van der Waals surface area contributed by atoms with Gasteiger partial charge in [0, 0.05) is 52.6 Å². The summed E-state index contributed by atoms with van der Waals surface area (Å²) in [5.41, 5.74) is 1.86. The lowest BCUT2D eigenvalue weighted by atomic mass is 9.68. The first-order valence-corrected chi connectivity index (χ1v) is 17.5. The molecule has 1 N–H and O–H groups in total. The van der Waals surface area contributed by atoms with E-state index in [1.807, 2.05) is 6.07 Å². The fraction of sp³-hybridized carbons (Fsp3) is 0.194. The number of thiophene rings is 3. The molecule has 234 valence electrons. The maximum Gasteiger partial charge on any atom is 0.197 e. The van der Waals surface area contributed by atoms with Gasteiger partial charge in [-0.2, -0.15) is 0 Å². The third-order valence-corrected chi connectivity index (χ3v) is 13.5. The maximum atomic E-state index is 13.9. The molecular formula is C36H20F4O4S3. The molecule has 1 unspecified atom stereocenters. The van der Waals surface area contributed by atoms with Gasteiger partial charge in [0.2, 0.25) is 0 Å². The molecule has 0 aliphatic heterocycles. The number of benzene rings is 2. The SMILES string of the molecule is O=C1C(=Cc2cc3sc4c(c3s2)C2(CCCCC2)c2cc(/C=C3\C(=O)c5cc(F)c(F)cc5C3O)sc2-4)C(=O)c2cc(F)c(F)cc21. The first kappa shape index (κ1) is 29.1. The van der Waals surface area contributed by atoms with Gasteiger partial charge in [-0.05, 0) is 72.5 Å². The number of Topliss-reactive ketones (excluding diaryl/α,β-unsaturated/α-hetero) is 3. The molecule has 2 aromatic carbocycles. The van der Waals surface area contributed by atoms with Gasteiger partial charge in [-0.25, -0.2) is 17.6 Å². The molecule has 1 fully saturated rings. The van der Waals surface area contributed by atoms with Crippen molar-refractivity contribution in [3.05, 3.63) is 114 Å². The van der Waals surface area contributed by atoms with Gasteiger partial charge in [0.05, 0.1) is 15.2 Å². The van der Waals surface area contributed by atoms with Crippen LogP contribution in [0, 0.1) is 23.3 Å². The lowest BCUT2D eigenvalue weighted by Gasteiger charge is -2.35. The Morgan fingerprint density at radius 3 is 1.98 bits per heavy atom. The van der Waals surface area contributed by atoms with Gasteiger partial charge in [0.25, 0.3) is 0 Å². The van der Waals surface area contributed by atoms with Crippen molar-refractivity contribution in [2.45, 2.75) is 43.6 Å². The highest BCUT2D eigenvalue weighted by atomic mass is 32.1. The summed E-state index contributed by atoms with van der Waals surface area (Å²) in [5, 5.41) is 10.9. The second-order valence-corrected chi connectivity index (χ2v) is 15.6. The average molecular weight is 689 g/mol. The molecule has 1 atom stereocenters. The number of carbonyl (C=O) groups excluding carboxylic acids is 3. The van der Waals surface area contributed by atoms with Crippen molar-refractivity contribution in [1.82, 2.24) is 0 Å². The lowest BCUT2D eigenvalue weighted by molar-refractivity contribution is 0.0986. The molecular weight excluding hydrogens is 669 g/mol. The number of allylic oxidation sites excluding steroid dienone is 1. The first-order chi connectivity index (χ1) is 22.6. The van der Waals surface area contributed by atoms with E-state index in [9.17, 15) is 37.1 Å². The van der Waals surface area contributed by atoms with Gasteiger partial charge in [-0.15, -0.1) is 34.0 Å². The molecule has 4 nitrogen and oxygen atoms in total. The second kappa shape index (κ2) is 9.99. The molecule has 4 aliphatic carbocycles. The Morgan fingerprint density at radius 1 is 0.681 bits per heavy atom. The Hall–Kier alpha value is -4.03. The number of aliphatic hydroxyl groups excluding tert-OH is 1. The predicted molar refractivity (Wildman–Crippen MR) is 174 cm³/mol. The number of hydrogen-bond donors (Lipinski definition) is 1. The average Bonchev–Trinajstić information content (AvgIpc) is 3.85. The Kier molecular flexibility index (Phi) is 6.19. The highest BCUT2D eigenvalue weighted by molar-refractivity contribution is 7.32. The topological polar surface area (TPSA) is 71.4 Å². The summed E-state index contributed by atoms with van der Waals surface area (Å²) in [6.07, 6.45) is 6.82. The minimum Gasteiger partial charge on any atom is -0.383 e. The van der Waals surface area contributed by atoms with E-state index in [-0.39, 0.29) is 38.8 Å². The minimum absolute atomic E-state index is 0.0359. The third-order valence-electron chi connectivity index (χ3n) is 9.85. The van der Waals surface area contributed by atoms with Crippen LogP contribution in [0.15, 0.2) is 47.5 Å². The molecule has 9 rings (SSSR count). The number of hydrogen-bond acceptors (Lipinski definition) is 7. The summed E-state index contributed by atoms with van der Waals surface area (Å²) in [6.45, 7) is 0. The van der Waals surface area contributed by atoms with Crippen molar-refractivity contribution in [2.75, 3.05) is 0 Å². The van der Waals surface area contributed by atoms with Crippen LogP contribution >= 0.6 is 34.0 Å². The molecule has 11 heteroatoms. The quantitative estimate of drug-likeness (QED) is 0.114. The third kappa shape index (κ3) is 3.97. The highest BCUT2D eigenvalue weighted by Gasteiger charge is 2.48. The molecule has 4 aliphatic rings. The van der Waals surface area contributed by atoms with E-state index in [4.69, 9.17) is 0 Å². The van der Waals surface area contributed by atoms with Crippen LogP contribution < -0.4 is 0 Å². The molecule has 3 heterocycles. The molecule has 0 radical (unpaired) electrons. The Bertz CT molecular complexity index is 2320. The smallest absolute Gasteiger partial charge is 0.197 e. The second-order valence-electron chi connectivity index (χ2n) is 12.4. The summed E-state index contributed by atoms with van der Waals surface area (Å²) in [6, 6.07) is 7.30. The number of aliphatic hydroxyl groups is 1. The van der Waals surface area contributed by atoms with E-state index in [0.29, 0.717) is 4.88 Å². The lowest BCUT2D eigenvalue weighted by Crippen LogP contribution is -2.27. The summed E-state index contributed by atoms with van der Waals surface area (Å²) in [4.78, 5) is 42.9. The van der Waals surface area contributed by atoms with Crippen LogP contribution in [0.3, 0.4) is 0 Å². The molecule has 0 bridgehead atoms. The fourth-order valence-corrected chi connectivity index (χ4v) is 11.9. The monoisotopic (exact) mass is 688 g/mol. The molecule has 5 aromatic rings. The minimum atomic E-state index is -1.35. The molecule has 0 saturated heterocycles. The maximum absolute atomic E-state index is 13.9. The highest BCUT2D eigenvalue weighted by Crippen LogP contribution is 2.64. The number of halogens is 4. The summed E-state index contributed by atoms with van der Waals surface area (Å²) < 4.78 is 57.6. The number of carbonyl (C=O) groups is 3. The zero-order valence-corrected chi connectivity index (χ0v) is 26.6. The van der Waals surface area contributed by atoms with E-state index in [2.05, 4.69) is 6.07 Å². The number of ketones is 3. The summed E-state index contributed by atoms with van der Waals surface area (Å²) in [7, 11) is 0. The largest absolute Gasteiger partial charge is 0.383 e. The van der Waals surface area contributed by atoms with Gasteiger partial charge in [0.15, 0.2) is 40.6 Å². The van der Waals surface area contributed by atoms with E-state index >= 15 is 0 Å². The van der Waals surface area contributed by atoms with Crippen molar-refractivity contribution >= 4 is 72.9 Å². The van der Waals surface area contributed by atoms with Crippen LogP contribution in [0.25, 0.3) is 31.3 Å². The predicted octanol–water partition coefficient (Wildman–Crippen LogP) is 9.59. The van der Waals surface area contributed by atoms with E-state index < -0.39 is 46.7 Å². The van der Waals surface area contributed by atoms with Gasteiger partial charge < -0.3 is 5.11 Å². The van der Waals surface area contributed by atoms with Gasteiger partial charge in [-0.1, -0.05) is 19.3 Å². The van der Waals surface area contributed by atoms with E-state index in [0.717, 1.165) is 80.4 Å². The summed E-state index contributed by atoms with van der Waals surface area (Å²) >= 11 is 4.63. The van der Waals surface area contributed by atoms with Crippen LogP contribution in [-0.4, -0.2) is 22.5 Å². The van der Waals surface area contributed by atoms with Crippen LogP contribution in [-0.2, 0) is 5.41 Å². The Balaban J connectivity index is 1.12. The fourth-order valence-electron chi connectivity index (χ4n) is 7.71. The van der Waals surface area contributed by atoms with E-state index in [1.54, 1.807) is 17.4 Å². The zero-order valence-electron chi connectivity index (χ0n) is 24.1. The van der Waals surface area contributed by atoms with Gasteiger partial charge in [0.1, 0.15) is 6.10 Å². The van der Waals surface area contributed by atoms with Crippen molar-refractivity contribution in [1.29, 1.82) is 0 Å². The molecule has 1 spiro atoms. The van der Waals surface area contributed by atoms with Crippen molar-refractivity contribution in [3.8, 4) is 9.75 Å². The van der Waals surface area contributed by atoms with Crippen molar-refractivity contribution < 1.29 is 37.1 Å².